The molecule has 23 heavy (non-hydrogen) atoms. The Morgan fingerprint density at radius 2 is 1.74 bits per heavy atom. The molecule has 0 heterocycles. The Labute approximate surface area is 137 Å². The fourth-order valence-electron chi connectivity index (χ4n) is 3.38. The summed E-state index contributed by atoms with van der Waals surface area (Å²) in [6.07, 6.45) is 3.47. The molecule has 2 aromatic carbocycles. The van der Waals surface area contributed by atoms with E-state index in [0.29, 0.717) is 0 Å². The Bertz CT molecular complexity index is 726. The second-order valence-corrected chi connectivity index (χ2v) is 6.40. The summed E-state index contributed by atoms with van der Waals surface area (Å²) >= 11 is 0. The lowest BCUT2D eigenvalue weighted by Crippen LogP contribution is -2.20. The molecular weight excluding hydrogens is 286 g/mol. The van der Waals surface area contributed by atoms with Gasteiger partial charge < -0.3 is 10.1 Å². The van der Waals surface area contributed by atoms with E-state index in [1.54, 1.807) is 0 Å². The number of hydrogen-bond acceptors (Lipinski definition) is 2. The van der Waals surface area contributed by atoms with Crippen molar-refractivity contribution in [1.82, 2.24) is 0 Å². The number of anilines is 1. The lowest BCUT2D eigenvalue weighted by molar-refractivity contribution is -0.118. The Morgan fingerprint density at radius 3 is 2.48 bits per heavy atom. The lowest BCUT2D eigenvalue weighted by atomic mass is 10.1. The Kier molecular flexibility index (Phi) is 4.37. The van der Waals surface area contributed by atoms with E-state index in [4.69, 9.17) is 4.74 Å². The normalized spacial score (nSPS) is 12.8. The summed E-state index contributed by atoms with van der Waals surface area (Å²) in [7, 11) is 0. The number of hydrogen-bond donors (Lipinski definition) is 1. The zero-order valence-corrected chi connectivity index (χ0v) is 14.0. The van der Waals surface area contributed by atoms with Crippen LogP contribution in [-0.2, 0) is 17.6 Å². The molecule has 3 rings (SSSR count). The maximum absolute atomic E-state index is 12.1. The largest absolute Gasteiger partial charge is 0.483 e. The smallest absolute Gasteiger partial charge is 0.262 e. The molecule has 0 aromatic heterocycles. The molecule has 0 bridgehead atoms. The molecule has 0 aliphatic heterocycles. The third-order valence-corrected chi connectivity index (χ3v) is 4.33. The summed E-state index contributed by atoms with van der Waals surface area (Å²) in [4.78, 5) is 12.1. The van der Waals surface area contributed by atoms with Gasteiger partial charge in [-0.1, -0.05) is 23.8 Å². The molecule has 3 nitrogen and oxygen atoms in total. The summed E-state index contributed by atoms with van der Waals surface area (Å²) in [6, 6.07) is 10.3. The third kappa shape index (κ3) is 3.55. The quantitative estimate of drug-likeness (QED) is 0.922. The van der Waals surface area contributed by atoms with Crippen LogP contribution in [0.5, 0.6) is 5.75 Å². The number of carbonyl (C=O) groups is 1. The molecule has 0 saturated carbocycles. The van der Waals surface area contributed by atoms with Crippen LogP contribution in [0.25, 0.3) is 0 Å². The molecule has 0 fully saturated rings. The topological polar surface area (TPSA) is 38.3 Å². The number of ether oxygens (including phenoxy) is 1. The van der Waals surface area contributed by atoms with E-state index >= 15 is 0 Å². The van der Waals surface area contributed by atoms with Crippen molar-refractivity contribution in [3.63, 3.8) is 0 Å². The van der Waals surface area contributed by atoms with Gasteiger partial charge >= 0.3 is 0 Å². The molecule has 1 amide bonds. The van der Waals surface area contributed by atoms with E-state index in [2.05, 4.69) is 36.5 Å². The van der Waals surface area contributed by atoms with Crippen LogP contribution < -0.4 is 10.1 Å². The molecule has 0 saturated heterocycles. The van der Waals surface area contributed by atoms with Crippen molar-refractivity contribution >= 4 is 11.6 Å². The Balaban J connectivity index is 1.62. The van der Waals surface area contributed by atoms with E-state index in [-0.39, 0.29) is 12.5 Å². The van der Waals surface area contributed by atoms with Crippen molar-refractivity contribution in [2.24, 2.45) is 0 Å². The predicted molar refractivity (Wildman–Crippen MR) is 93.2 cm³/mol. The van der Waals surface area contributed by atoms with Gasteiger partial charge in [0, 0.05) is 5.69 Å². The highest BCUT2D eigenvalue weighted by Gasteiger charge is 2.12. The van der Waals surface area contributed by atoms with Crippen molar-refractivity contribution < 1.29 is 9.53 Å². The summed E-state index contributed by atoms with van der Waals surface area (Å²) in [5, 5.41) is 2.93. The van der Waals surface area contributed by atoms with Gasteiger partial charge in [-0.3, -0.25) is 4.79 Å². The van der Waals surface area contributed by atoms with Gasteiger partial charge in [0.1, 0.15) is 5.75 Å². The number of aryl methyl sites for hydroxylation is 5. The molecule has 0 radical (unpaired) electrons. The van der Waals surface area contributed by atoms with Crippen LogP contribution in [0.15, 0.2) is 30.3 Å². The van der Waals surface area contributed by atoms with Gasteiger partial charge in [-0.05, 0) is 74.4 Å². The monoisotopic (exact) mass is 309 g/mol. The van der Waals surface area contributed by atoms with Gasteiger partial charge in [-0.2, -0.15) is 0 Å². The predicted octanol–water partition coefficient (Wildman–Crippen LogP) is 4.12. The zero-order valence-electron chi connectivity index (χ0n) is 14.0. The van der Waals surface area contributed by atoms with Crippen molar-refractivity contribution in [2.75, 3.05) is 11.9 Å². The van der Waals surface area contributed by atoms with Gasteiger partial charge in [-0.25, -0.2) is 0 Å². The molecule has 1 aliphatic carbocycles. The highest BCUT2D eigenvalue weighted by molar-refractivity contribution is 5.92. The average Bonchev–Trinajstić information content (AvgIpc) is 2.93. The summed E-state index contributed by atoms with van der Waals surface area (Å²) in [5.41, 5.74) is 6.95. The maximum Gasteiger partial charge on any atom is 0.262 e. The van der Waals surface area contributed by atoms with Crippen LogP contribution in [0.2, 0.25) is 0 Å². The van der Waals surface area contributed by atoms with Gasteiger partial charge in [0.15, 0.2) is 6.61 Å². The van der Waals surface area contributed by atoms with Crippen molar-refractivity contribution in [3.05, 3.63) is 58.1 Å². The van der Waals surface area contributed by atoms with Gasteiger partial charge in [0.05, 0.1) is 0 Å². The standard InChI is InChI=1S/C20H23NO2/c1-13-9-14(2)20(15(3)10-13)23-12-19(22)21-18-8-7-16-5-4-6-17(16)11-18/h7-11H,4-6,12H2,1-3H3,(H,21,22). The van der Waals surface area contributed by atoms with E-state index in [1.807, 2.05) is 19.9 Å². The number of carbonyl (C=O) groups excluding carboxylic acids is 1. The van der Waals surface area contributed by atoms with Gasteiger partial charge in [0.25, 0.3) is 5.91 Å². The van der Waals surface area contributed by atoms with Crippen molar-refractivity contribution in [3.8, 4) is 5.75 Å². The molecule has 0 spiro atoms. The van der Waals surface area contributed by atoms with Crippen molar-refractivity contribution in [1.29, 1.82) is 0 Å². The minimum Gasteiger partial charge on any atom is -0.483 e. The van der Waals surface area contributed by atoms with Crippen molar-refractivity contribution in [2.45, 2.75) is 40.0 Å². The first kappa shape index (κ1) is 15.6. The Hall–Kier alpha value is -2.29. The summed E-state index contributed by atoms with van der Waals surface area (Å²) < 4.78 is 5.74. The number of benzene rings is 2. The first-order chi connectivity index (χ1) is 11.0. The van der Waals surface area contributed by atoms with Crippen LogP contribution >= 0.6 is 0 Å². The minimum absolute atomic E-state index is 0.0296. The molecule has 1 aliphatic rings. The number of amides is 1. The Morgan fingerprint density at radius 1 is 1.04 bits per heavy atom. The second-order valence-electron chi connectivity index (χ2n) is 6.40. The van der Waals surface area contributed by atoms with Crippen LogP contribution in [0.4, 0.5) is 5.69 Å². The number of fused-ring (bicyclic) bond motifs is 1. The SMILES string of the molecule is Cc1cc(C)c(OCC(=O)Nc2ccc3c(c2)CCC3)c(C)c1. The zero-order chi connectivity index (χ0) is 16.4. The molecule has 120 valence electrons. The van der Waals surface area contributed by atoms with E-state index in [0.717, 1.165) is 35.4 Å². The first-order valence-electron chi connectivity index (χ1n) is 8.15. The fourth-order valence-corrected chi connectivity index (χ4v) is 3.38. The van der Waals surface area contributed by atoms with E-state index in [1.165, 1.54) is 23.1 Å². The molecule has 0 atom stereocenters. The van der Waals surface area contributed by atoms with Gasteiger partial charge in [-0.15, -0.1) is 0 Å². The van der Waals surface area contributed by atoms with Crippen LogP contribution in [-0.4, -0.2) is 12.5 Å². The van der Waals surface area contributed by atoms with E-state index in [9.17, 15) is 4.79 Å². The molecule has 1 N–H and O–H groups in total. The average molecular weight is 309 g/mol. The summed E-state index contributed by atoms with van der Waals surface area (Å²) in [6.45, 7) is 6.10. The maximum atomic E-state index is 12.1. The molecule has 0 unspecified atom stereocenters. The highest BCUT2D eigenvalue weighted by Crippen LogP contribution is 2.26. The first-order valence-corrected chi connectivity index (χ1v) is 8.15. The fraction of sp³-hybridized carbons (Fsp3) is 0.350. The number of nitrogens with one attached hydrogen (secondary N) is 1. The van der Waals surface area contributed by atoms with Crippen LogP contribution in [0.3, 0.4) is 0 Å². The van der Waals surface area contributed by atoms with Crippen LogP contribution in [0, 0.1) is 20.8 Å². The van der Waals surface area contributed by atoms with Crippen LogP contribution in [0.1, 0.15) is 34.2 Å². The third-order valence-electron chi connectivity index (χ3n) is 4.33. The minimum atomic E-state index is -0.123. The van der Waals surface area contributed by atoms with Gasteiger partial charge in [0.2, 0.25) is 0 Å². The highest BCUT2D eigenvalue weighted by atomic mass is 16.5. The molecule has 3 heteroatoms. The second kappa shape index (κ2) is 6.45. The number of rotatable bonds is 4. The molecular formula is C20H23NO2. The lowest BCUT2D eigenvalue weighted by Gasteiger charge is -2.13. The summed E-state index contributed by atoms with van der Waals surface area (Å²) in [5.74, 6) is 0.682. The molecule has 2 aromatic rings. The van der Waals surface area contributed by atoms with E-state index < -0.39 is 0 Å².